The highest BCUT2D eigenvalue weighted by Gasteiger charge is 2.20. The molecule has 104 valence electrons. The van der Waals surface area contributed by atoms with Crippen molar-refractivity contribution in [2.45, 2.75) is 33.1 Å². The highest BCUT2D eigenvalue weighted by molar-refractivity contribution is 5.81. The van der Waals surface area contributed by atoms with Crippen molar-refractivity contribution in [2.75, 3.05) is 19.7 Å². The fourth-order valence-electron chi connectivity index (χ4n) is 2.47. The Morgan fingerprint density at radius 2 is 2.05 bits per heavy atom. The Bertz CT molecular complexity index is 436. The first-order chi connectivity index (χ1) is 9.16. The highest BCUT2D eigenvalue weighted by Crippen LogP contribution is 2.20. The minimum Gasteiger partial charge on any atom is -0.493 e. The van der Waals surface area contributed by atoms with Crippen LogP contribution in [0, 0.1) is 19.8 Å². The average molecular weight is 261 g/mol. The number of hydrogen-bond acceptors (Lipinski definition) is 3. The summed E-state index contributed by atoms with van der Waals surface area (Å²) < 4.78 is 5.74. The summed E-state index contributed by atoms with van der Waals surface area (Å²) in [5.41, 5.74) is 2.31. The van der Waals surface area contributed by atoms with E-state index in [4.69, 9.17) is 4.74 Å². The second kappa shape index (κ2) is 6.71. The molecule has 0 aliphatic carbocycles. The number of hydrogen-bond donors (Lipinski definition) is 1. The van der Waals surface area contributed by atoms with Gasteiger partial charge in [-0.15, -0.1) is 0 Å². The summed E-state index contributed by atoms with van der Waals surface area (Å²) in [7, 11) is 0. The van der Waals surface area contributed by atoms with Crippen LogP contribution in [-0.4, -0.2) is 25.5 Å². The number of ketones is 1. The molecule has 1 aliphatic rings. The van der Waals surface area contributed by atoms with Gasteiger partial charge in [-0.3, -0.25) is 4.79 Å². The molecule has 1 N–H and O–H groups in total. The topological polar surface area (TPSA) is 38.3 Å². The number of ether oxygens (including phenoxy) is 1. The van der Waals surface area contributed by atoms with Crippen LogP contribution in [0.15, 0.2) is 18.2 Å². The van der Waals surface area contributed by atoms with E-state index in [0.29, 0.717) is 18.8 Å². The second-order valence-corrected chi connectivity index (χ2v) is 5.36. The Hall–Kier alpha value is -1.35. The van der Waals surface area contributed by atoms with Gasteiger partial charge < -0.3 is 10.1 Å². The maximum Gasteiger partial charge on any atom is 0.139 e. The molecule has 1 aromatic rings. The molecule has 0 amide bonds. The fraction of sp³-hybridized carbons (Fsp3) is 0.562. The third-order valence-electron chi connectivity index (χ3n) is 3.74. The molecular weight excluding hydrogens is 238 g/mol. The summed E-state index contributed by atoms with van der Waals surface area (Å²) in [6, 6.07) is 6.16. The van der Waals surface area contributed by atoms with Gasteiger partial charge in [0, 0.05) is 12.3 Å². The molecule has 0 saturated carbocycles. The molecule has 1 heterocycles. The standard InChI is InChI=1S/C16H23NO2/c1-12-3-4-13(2)16(11-12)19-10-7-15(18)14-5-8-17-9-6-14/h3-4,11,14,17H,5-10H2,1-2H3. The van der Waals surface area contributed by atoms with Gasteiger partial charge in [0.15, 0.2) is 0 Å². The van der Waals surface area contributed by atoms with Gasteiger partial charge in [-0.25, -0.2) is 0 Å². The van der Waals surface area contributed by atoms with Crippen molar-refractivity contribution in [2.24, 2.45) is 5.92 Å². The first-order valence-corrected chi connectivity index (χ1v) is 7.10. The van der Waals surface area contributed by atoms with E-state index in [2.05, 4.69) is 17.4 Å². The summed E-state index contributed by atoms with van der Waals surface area (Å²) in [6.07, 6.45) is 2.47. The highest BCUT2D eigenvalue weighted by atomic mass is 16.5. The maximum atomic E-state index is 12.0. The molecule has 1 aliphatic heterocycles. The minimum atomic E-state index is 0.239. The lowest BCUT2D eigenvalue weighted by atomic mass is 9.92. The van der Waals surface area contributed by atoms with Gasteiger partial charge >= 0.3 is 0 Å². The molecule has 0 unspecified atom stereocenters. The molecule has 0 spiro atoms. The molecule has 0 atom stereocenters. The van der Waals surface area contributed by atoms with E-state index in [9.17, 15) is 4.79 Å². The van der Waals surface area contributed by atoms with E-state index in [1.54, 1.807) is 0 Å². The van der Waals surface area contributed by atoms with Crippen LogP contribution in [-0.2, 0) is 4.79 Å². The summed E-state index contributed by atoms with van der Waals surface area (Å²) in [5, 5.41) is 3.28. The van der Waals surface area contributed by atoms with Gasteiger partial charge in [-0.05, 0) is 57.0 Å². The van der Waals surface area contributed by atoms with E-state index >= 15 is 0 Å². The maximum absolute atomic E-state index is 12.0. The lowest BCUT2D eigenvalue weighted by Gasteiger charge is -2.21. The summed E-state index contributed by atoms with van der Waals surface area (Å²) in [5.74, 6) is 1.49. The SMILES string of the molecule is Cc1ccc(C)c(OCCC(=O)C2CCNCC2)c1. The van der Waals surface area contributed by atoms with E-state index in [1.807, 2.05) is 19.9 Å². The lowest BCUT2D eigenvalue weighted by Crippen LogP contribution is -2.32. The van der Waals surface area contributed by atoms with Crippen molar-refractivity contribution in [1.29, 1.82) is 0 Å². The predicted octanol–water partition coefficient (Wildman–Crippen LogP) is 2.64. The van der Waals surface area contributed by atoms with Crippen molar-refractivity contribution >= 4 is 5.78 Å². The number of benzene rings is 1. The first-order valence-electron chi connectivity index (χ1n) is 7.10. The number of aryl methyl sites for hydroxylation is 2. The van der Waals surface area contributed by atoms with Gasteiger partial charge in [-0.2, -0.15) is 0 Å². The molecule has 3 nitrogen and oxygen atoms in total. The Morgan fingerprint density at radius 3 is 2.79 bits per heavy atom. The van der Waals surface area contributed by atoms with Crippen LogP contribution in [0.4, 0.5) is 0 Å². The summed E-state index contributed by atoms with van der Waals surface area (Å²) >= 11 is 0. The Morgan fingerprint density at radius 1 is 1.32 bits per heavy atom. The van der Waals surface area contributed by atoms with Crippen LogP contribution >= 0.6 is 0 Å². The molecule has 19 heavy (non-hydrogen) atoms. The third kappa shape index (κ3) is 4.06. The number of nitrogens with one attached hydrogen (secondary N) is 1. The van der Waals surface area contributed by atoms with Crippen molar-refractivity contribution < 1.29 is 9.53 Å². The van der Waals surface area contributed by atoms with Crippen LogP contribution in [0.5, 0.6) is 5.75 Å². The van der Waals surface area contributed by atoms with Crippen molar-refractivity contribution in [3.05, 3.63) is 29.3 Å². The largest absolute Gasteiger partial charge is 0.493 e. The number of piperidine rings is 1. The molecule has 0 bridgehead atoms. The second-order valence-electron chi connectivity index (χ2n) is 5.36. The number of Topliss-reactive ketones (excluding diaryl/α,β-unsaturated/α-hetero) is 1. The van der Waals surface area contributed by atoms with Gasteiger partial charge in [-0.1, -0.05) is 12.1 Å². The smallest absolute Gasteiger partial charge is 0.139 e. The summed E-state index contributed by atoms with van der Waals surface area (Å²) in [4.78, 5) is 12.0. The van der Waals surface area contributed by atoms with Crippen LogP contribution in [0.3, 0.4) is 0 Å². The molecule has 3 heteroatoms. The zero-order valence-electron chi connectivity index (χ0n) is 11.9. The van der Waals surface area contributed by atoms with E-state index in [1.165, 1.54) is 5.56 Å². The van der Waals surface area contributed by atoms with E-state index < -0.39 is 0 Å². The lowest BCUT2D eigenvalue weighted by molar-refractivity contribution is -0.124. The monoisotopic (exact) mass is 261 g/mol. The van der Waals surface area contributed by atoms with Crippen molar-refractivity contribution in [3.8, 4) is 5.75 Å². The number of rotatable bonds is 5. The molecule has 2 rings (SSSR count). The Labute approximate surface area is 115 Å². The molecule has 0 aromatic heterocycles. The average Bonchev–Trinajstić information content (AvgIpc) is 2.43. The zero-order valence-corrected chi connectivity index (χ0v) is 11.9. The van der Waals surface area contributed by atoms with Crippen LogP contribution < -0.4 is 10.1 Å². The molecule has 1 aromatic carbocycles. The number of carbonyl (C=O) groups is 1. The van der Waals surface area contributed by atoms with Crippen LogP contribution in [0.2, 0.25) is 0 Å². The molecule has 0 radical (unpaired) electrons. The van der Waals surface area contributed by atoms with E-state index in [0.717, 1.165) is 37.2 Å². The van der Waals surface area contributed by atoms with Gasteiger partial charge in [0.25, 0.3) is 0 Å². The minimum absolute atomic E-state index is 0.239. The molecular formula is C16H23NO2. The molecule has 1 fully saturated rings. The van der Waals surface area contributed by atoms with Crippen molar-refractivity contribution in [3.63, 3.8) is 0 Å². The van der Waals surface area contributed by atoms with Gasteiger partial charge in [0.2, 0.25) is 0 Å². The fourth-order valence-corrected chi connectivity index (χ4v) is 2.47. The van der Waals surface area contributed by atoms with Crippen LogP contribution in [0.25, 0.3) is 0 Å². The quantitative estimate of drug-likeness (QED) is 0.885. The van der Waals surface area contributed by atoms with E-state index in [-0.39, 0.29) is 5.92 Å². The normalized spacial score (nSPS) is 16.3. The molecule has 1 saturated heterocycles. The number of carbonyl (C=O) groups excluding carboxylic acids is 1. The Balaban J connectivity index is 1.79. The van der Waals surface area contributed by atoms with Gasteiger partial charge in [0.05, 0.1) is 6.61 Å². The zero-order chi connectivity index (χ0) is 13.7. The summed E-state index contributed by atoms with van der Waals surface area (Å²) in [6.45, 7) is 6.51. The third-order valence-corrected chi connectivity index (χ3v) is 3.74. The van der Waals surface area contributed by atoms with Crippen molar-refractivity contribution in [1.82, 2.24) is 5.32 Å². The van der Waals surface area contributed by atoms with Crippen LogP contribution in [0.1, 0.15) is 30.4 Å². The van der Waals surface area contributed by atoms with Gasteiger partial charge in [0.1, 0.15) is 11.5 Å². The first kappa shape index (κ1) is 14.1. The predicted molar refractivity (Wildman–Crippen MR) is 76.6 cm³/mol. The Kier molecular flexibility index (Phi) is 4.97.